The molecule has 1 saturated heterocycles. The summed E-state index contributed by atoms with van der Waals surface area (Å²) < 4.78 is 5.70. The third-order valence-corrected chi connectivity index (χ3v) is 3.10. The van der Waals surface area contributed by atoms with E-state index in [1.54, 1.807) is 0 Å². The van der Waals surface area contributed by atoms with Gasteiger partial charge in [-0.2, -0.15) is 0 Å². The highest BCUT2D eigenvalue weighted by Crippen LogP contribution is 2.23. The van der Waals surface area contributed by atoms with E-state index in [0.717, 1.165) is 37.4 Å². The highest BCUT2D eigenvalue weighted by atomic mass is 16.5. The average Bonchev–Trinajstić information content (AvgIpc) is 2.27. The molecular weight excluding hydrogens is 214 g/mol. The van der Waals surface area contributed by atoms with Gasteiger partial charge in [0, 0.05) is 31.6 Å². The number of aryl methyl sites for hydroxylation is 1. The fraction of sp³-hybridized carbons (Fsp3) is 0.692. The van der Waals surface area contributed by atoms with Crippen molar-refractivity contribution in [1.82, 2.24) is 15.3 Å². The van der Waals surface area contributed by atoms with Crippen LogP contribution in [0.5, 0.6) is 0 Å². The second-order valence-corrected chi connectivity index (χ2v) is 5.33. The van der Waals surface area contributed by atoms with Gasteiger partial charge in [0.1, 0.15) is 0 Å². The number of nitrogens with zero attached hydrogens (tertiary/aromatic N) is 2. The van der Waals surface area contributed by atoms with Gasteiger partial charge in [-0.15, -0.1) is 0 Å². The molecule has 2 rings (SSSR count). The lowest BCUT2D eigenvalue weighted by atomic mass is 9.94. The van der Waals surface area contributed by atoms with Crippen LogP contribution in [0.15, 0.2) is 12.4 Å². The Bertz CT molecular complexity index is 361. The van der Waals surface area contributed by atoms with E-state index >= 15 is 0 Å². The van der Waals surface area contributed by atoms with Crippen LogP contribution in [-0.2, 0) is 11.3 Å². The van der Waals surface area contributed by atoms with E-state index in [1.807, 2.05) is 19.3 Å². The second-order valence-electron chi connectivity index (χ2n) is 5.33. The van der Waals surface area contributed by atoms with Crippen LogP contribution in [0.3, 0.4) is 0 Å². The van der Waals surface area contributed by atoms with Gasteiger partial charge in [0.05, 0.1) is 17.0 Å². The molecule has 0 aromatic carbocycles. The van der Waals surface area contributed by atoms with Gasteiger partial charge in [-0.05, 0) is 33.6 Å². The maximum Gasteiger partial charge on any atom is 0.0724 e. The maximum absolute atomic E-state index is 5.70. The Morgan fingerprint density at radius 1 is 1.41 bits per heavy atom. The molecule has 0 radical (unpaired) electrons. The summed E-state index contributed by atoms with van der Waals surface area (Å²) >= 11 is 0. The molecule has 94 valence electrons. The molecule has 1 aliphatic heterocycles. The van der Waals surface area contributed by atoms with E-state index in [2.05, 4.69) is 29.1 Å². The summed E-state index contributed by atoms with van der Waals surface area (Å²) in [4.78, 5) is 8.59. The third kappa shape index (κ3) is 3.75. The van der Waals surface area contributed by atoms with E-state index in [-0.39, 0.29) is 5.60 Å². The van der Waals surface area contributed by atoms with E-state index in [4.69, 9.17) is 4.74 Å². The molecule has 1 N–H and O–H groups in total. The first kappa shape index (κ1) is 12.5. The number of hydrogen-bond donors (Lipinski definition) is 1. The normalized spacial score (nSPS) is 23.6. The predicted octanol–water partition coefficient (Wildman–Crippen LogP) is 1.83. The Hall–Kier alpha value is -1.00. The van der Waals surface area contributed by atoms with Crippen molar-refractivity contribution in [2.24, 2.45) is 0 Å². The molecule has 0 bridgehead atoms. The number of hydrogen-bond acceptors (Lipinski definition) is 4. The monoisotopic (exact) mass is 235 g/mol. The molecule has 1 aromatic heterocycles. The van der Waals surface area contributed by atoms with Crippen molar-refractivity contribution < 1.29 is 4.74 Å². The largest absolute Gasteiger partial charge is 0.375 e. The molecule has 0 saturated carbocycles. The highest BCUT2D eigenvalue weighted by molar-refractivity contribution is 5.00. The van der Waals surface area contributed by atoms with Crippen molar-refractivity contribution in [3.63, 3.8) is 0 Å². The van der Waals surface area contributed by atoms with Gasteiger partial charge in [0.15, 0.2) is 0 Å². The molecule has 1 aliphatic rings. The van der Waals surface area contributed by atoms with Crippen LogP contribution in [0.4, 0.5) is 0 Å². The Morgan fingerprint density at radius 3 is 2.88 bits per heavy atom. The summed E-state index contributed by atoms with van der Waals surface area (Å²) in [7, 11) is 0. The standard InChI is InChI=1S/C13H21N3O/c1-10-7-15-12(8-14-10)9-16-11-4-5-17-13(2,3)6-11/h7-8,11,16H,4-6,9H2,1-3H3. The highest BCUT2D eigenvalue weighted by Gasteiger charge is 2.28. The minimum Gasteiger partial charge on any atom is -0.375 e. The van der Waals surface area contributed by atoms with Gasteiger partial charge in [-0.3, -0.25) is 9.97 Å². The number of ether oxygens (including phenoxy) is 1. The lowest BCUT2D eigenvalue weighted by Crippen LogP contribution is -2.43. The first-order valence-electron chi connectivity index (χ1n) is 6.20. The zero-order valence-corrected chi connectivity index (χ0v) is 10.9. The van der Waals surface area contributed by atoms with Crippen LogP contribution in [0.25, 0.3) is 0 Å². The van der Waals surface area contributed by atoms with Crippen LogP contribution >= 0.6 is 0 Å². The molecule has 17 heavy (non-hydrogen) atoms. The van der Waals surface area contributed by atoms with Crippen LogP contribution < -0.4 is 5.32 Å². The molecule has 0 aliphatic carbocycles. The maximum atomic E-state index is 5.70. The average molecular weight is 235 g/mol. The van der Waals surface area contributed by atoms with Gasteiger partial charge in [-0.1, -0.05) is 0 Å². The summed E-state index contributed by atoms with van der Waals surface area (Å²) in [5.74, 6) is 0. The zero-order chi connectivity index (χ0) is 12.3. The van der Waals surface area contributed by atoms with Gasteiger partial charge in [0.25, 0.3) is 0 Å². The Labute approximate surface area is 103 Å². The zero-order valence-electron chi connectivity index (χ0n) is 10.9. The van der Waals surface area contributed by atoms with Crippen LogP contribution in [-0.4, -0.2) is 28.2 Å². The second kappa shape index (κ2) is 5.10. The lowest BCUT2D eigenvalue weighted by Gasteiger charge is -2.35. The molecule has 1 fully saturated rings. The van der Waals surface area contributed by atoms with Crippen LogP contribution in [0, 0.1) is 6.92 Å². The predicted molar refractivity (Wildman–Crippen MR) is 66.7 cm³/mol. The Morgan fingerprint density at radius 2 is 2.24 bits per heavy atom. The first-order valence-corrected chi connectivity index (χ1v) is 6.20. The van der Waals surface area contributed by atoms with E-state index in [0.29, 0.717) is 6.04 Å². The van der Waals surface area contributed by atoms with Crippen LogP contribution in [0.1, 0.15) is 38.1 Å². The summed E-state index contributed by atoms with van der Waals surface area (Å²) in [6.07, 6.45) is 5.77. The molecule has 4 heteroatoms. The summed E-state index contributed by atoms with van der Waals surface area (Å²) in [5.41, 5.74) is 1.95. The van der Waals surface area contributed by atoms with Gasteiger partial charge in [-0.25, -0.2) is 0 Å². The van der Waals surface area contributed by atoms with Crippen LogP contribution in [0.2, 0.25) is 0 Å². The molecule has 0 amide bonds. The molecular formula is C13H21N3O. The molecule has 4 nitrogen and oxygen atoms in total. The molecule has 1 aromatic rings. The van der Waals surface area contributed by atoms with Crippen molar-refractivity contribution in [2.45, 2.75) is 51.8 Å². The minimum atomic E-state index is -0.00509. The molecule has 2 heterocycles. The molecule has 1 unspecified atom stereocenters. The summed E-state index contributed by atoms with van der Waals surface area (Å²) in [6.45, 7) is 7.86. The smallest absolute Gasteiger partial charge is 0.0724 e. The van der Waals surface area contributed by atoms with E-state index < -0.39 is 0 Å². The third-order valence-electron chi connectivity index (χ3n) is 3.10. The minimum absolute atomic E-state index is 0.00509. The number of aromatic nitrogens is 2. The van der Waals surface area contributed by atoms with Crippen molar-refractivity contribution >= 4 is 0 Å². The Balaban J connectivity index is 1.84. The topological polar surface area (TPSA) is 47.0 Å². The summed E-state index contributed by atoms with van der Waals surface area (Å²) in [5, 5.41) is 3.53. The van der Waals surface area contributed by atoms with Gasteiger partial charge < -0.3 is 10.1 Å². The number of rotatable bonds is 3. The van der Waals surface area contributed by atoms with Crippen molar-refractivity contribution in [1.29, 1.82) is 0 Å². The van der Waals surface area contributed by atoms with Gasteiger partial charge in [0.2, 0.25) is 0 Å². The fourth-order valence-electron chi connectivity index (χ4n) is 2.17. The van der Waals surface area contributed by atoms with E-state index in [9.17, 15) is 0 Å². The SMILES string of the molecule is Cc1cnc(CNC2CCOC(C)(C)C2)cn1. The van der Waals surface area contributed by atoms with Crippen molar-refractivity contribution in [3.8, 4) is 0 Å². The molecule has 1 atom stereocenters. The molecule has 0 spiro atoms. The quantitative estimate of drug-likeness (QED) is 0.868. The van der Waals surface area contributed by atoms with Gasteiger partial charge >= 0.3 is 0 Å². The number of nitrogens with one attached hydrogen (secondary N) is 1. The summed E-state index contributed by atoms with van der Waals surface area (Å²) in [6, 6.07) is 0.516. The Kier molecular flexibility index (Phi) is 3.74. The first-order chi connectivity index (χ1) is 8.05. The van der Waals surface area contributed by atoms with E-state index in [1.165, 1.54) is 0 Å². The van der Waals surface area contributed by atoms with Crippen molar-refractivity contribution in [3.05, 3.63) is 23.8 Å². The lowest BCUT2D eigenvalue weighted by molar-refractivity contribution is -0.0631. The van der Waals surface area contributed by atoms with Crippen molar-refractivity contribution in [2.75, 3.05) is 6.61 Å². The fourth-order valence-corrected chi connectivity index (χ4v) is 2.17.